The first kappa shape index (κ1) is 22.7. The maximum Gasteiger partial charge on any atom is 0.246 e. The highest BCUT2D eigenvalue weighted by molar-refractivity contribution is 5.91. The fourth-order valence-electron chi connectivity index (χ4n) is 2.29. The second-order valence-corrected chi connectivity index (χ2v) is 6.54. The average molecular weight is 319 g/mol. The summed E-state index contributed by atoms with van der Waals surface area (Å²) in [7, 11) is 4.57. The first-order chi connectivity index (χ1) is 9.39. The van der Waals surface area contributed by atoms with Crippen LogP contribution in [-0.2, 0) is 4.79 Å². The number of nitrogens with zero attached hydrogens (tertiary/aromatic N) is 1. The SMILES string of the molecule is C=C(C)C(=O)NCCC[N+](C)(C)CCCCCCCC.[Cl-]. The van der Waals surface area contributed by atoms with Gasteiger partial charge in [0.2, 0.25) is 5.91 Å². The zero-order chi connectivity index (χ0) is 15.4. The van der Waals surface area contributed by atoms with E-state index in [1.165, 1.54) is 45.1 Å². The first-order valence-corrected chi connectivity index (χ1v) is 8.15. The van der Waals surface area contributed by atoms with E-state index < -0.39 is 0 Å². The lowest BCUT2D eigenvalue weighted by atomic mass is 10.1. The monoisotopic (exact) mass is 318 g/mol. The molecular formula is C17H35ClN2O. The molecule has 4 heteroatoms. The van der Waals surface area contributed by atoms with E-state index in [1.54, 1.807) is 6.92 Å². The molecule has 0 aliphatic carbocycles. The molecule has 0 spiro atoms. The molecule has 0 saturated carbocycles. The molecule has 126 valence electrons. The standard InChI is InChI=1S/C17H34N2O.ClH/c1-6-7-8-9-10-11-14-19(4,5)15-12-13-18-17(20)16(2)3;/h2,6-15H2,1,3-5H3;1H. The molecule has 1 amide bonds. The van der Waals surface area contributed by atoms with Crippen LogP contribution in [0, 0.1) is 0 Å². The summed E-state index contributed by atoms with van der Waals surface area (Å²) in [6.45, 7) is 10.7. The Hall–Kier alpha value is -0.540. The lowest BCUT2D eigenvalue weighted by Crippen LogP contribution is -3.00. The minimum Gasteiger partial charge on any atom is -1.00 e. The van der Waals surface area contributed by atoms with Crippen molar-refractivity contribution < 1.29 is 21.7 Å². The highest BCUT2D eigenvalue weighted by Crippen LogP contribution is 2.08. The number of unbranched alkanes of at least 4 members (excludes halogenated alkanes) is 5. The Bertz CT molecular complexity index is 291. The third-order valence-corrected chi connectivity index (χ3v) is 3.73. The fourth-order valence-corrected chi connectivity index (χ4v) is 2.29. The van der Waals surface area contributed by atoms with E-state index in [2.05, 4.69) is 32.9 Å². The maximum atomic E-state index is 11.3. The van der Waals surface area contributed by atoms with Gasteiger partial charge in [0.1, 0.15) is 0 Å². The Morgan fingerprint density at radius 2 is 1.52 bits per heavy atom. The molecule has 0 rings (SSSR count). The van der Waals surface area contributed by atoms with Gasteiger partial charge in [0.25, 0.3) is 0 Å². The van der Waals surface area contributed by atoms with E-state index in [1.807, 2.05) is 0 Å². The van der Waals surface area contributed by atoms with Crippen LogP contribution in [0.3, 0.4) is 0 Å². The number of nitrogens with one attached hydrogen (secondary N) is 1. The van der Waals surface area contributed by atoms with E-state index in [0.29, 0.717) is 5.57 Å². The Labute approximate surface area is 138 Å². The van der Waals surface area contributed by atoms with Gasteiger partial charge in [-0.2, -0.15) is 0 Å². The first-order valence-electron chi connectivity index (χ1n) is 8.15. The second kappa shape index (κ2) is 13.1. The van der Waals surface area contributed by atoms with Crippen molar-refractivity contribution in [3.8, 4) is 0 Å². The summed E-state index contributed by atoms with van der Waals surface area (Å²) in [5.41, 5.74) is 0.589. The second-order valence-electron chi connectivity index (χ2n) is 6.54. The summed E-state index contributed by atoms with van der Waals surface area (Å²) in [5, 5.41) is 2.90. The molecule has 0 aromatic carbocycles. The maximum absolute atomic E-state index is 11.3. The van der Waals surface area contributed by atoms with Crippen molar-refractivity contribution in [1.29, 1.82) is 0 Å². The van der Waals surface area contributed by atoms with Crippen molar-refractivity contribution in [2.24, 2.45) is 0 Å². The summed E-state index contributed by atoms with van der Waals surface area (Å²) in [4.78, 5) is 11.3. The molecule has 3 nitrogen and oxygen atoms in total. The van der Waals surface area contributed by atoms with Gasteiger partial charge >= 0.3 is 0 Å². The van der Waals surface area contributed by atoms with Gasteiger partial charge in [0.05, 0.1) is 27.2 Å². The van der Waals surface area contributed by atoms with Gasteiger partial charge in [0.15, 0.2) is 0 Å². The van der Waals surface area contributed by atoms with Gasteiger partial charge in [0, 0.05) is 18.5 Å². The van der Waals surface area contributed by atoms with Crippen LogP contribution in [0.15, 0.2) is 12.2 Å². The lowest BCUT2D eigenvalue weighted by Gasteiger charge is -2.30. The Balaban J connectivity index is 0. The number of rotatable bonds is 12. The molecule has 0 aromatic rings. The van der Waals surface area contributed by atoms with Gasteiger partial charge < -0.3 is 22.2 Å². The third-order valence-electron chi connectivity index (χ3n) is 3.73. The minimum absolute atomic E-state index is 0. The van der Waals surface area contributed by atoms with Gasteiger partial charge in [-0.1, -0.05) is 39.2 Å². The summed E-state index contributed by atoms with van der Waals surface area (Å²) < 4.78 is 1.05. The number of carbonyl (C=O) groups is 1. The normalized spacial score (nSPS) is 10.9. The molecular weight excluding hydrogens is 284 g/mol. The average Bonchev–Trinajstić information content (AvgIpc) is 2.38. The van der Waals surface area contributed by atoms with Crippen molar-refractivity contribution in [3.05, 3.63) is 12.2 Å². The lowest BCUT2D eigenvalue weighted by molar-refractivity contribution is -0.890. The Morgan fingerprint density at radius 1 is 1.00 bits per heavy atom. The molecule has 21 heavy (non-hydrogen) atoms. The molecule has 0 unspecified atom stereocenters. The molecule has 0 bridgehead atoms. The van der Waals surface area contributed by atoms with Crippen molar-refractivity contribution in [1.82, 2.24) is 5.32 Å². The summed E-state index contributed by atoms with van der Waals surface area (Å²) in [6.07, 6.45) is 9.16. The zero-order valence-corrected chi connectivity index (χ0v) is 15.3. The van der Waals surface area contributed by atoms with Gasteiger partial charge in [-0.15, -0.1) is 0 Å². The number of halogens is 1. The number of amides is 1. The van der Waals surface area contributed by atoms with Crippen molar-refractivity contribution in [2.45, 2.75) is 58.8 Å². The topological polar surface area (TPSA) is 29.1 Å². The molecule has 0 aromatic heterocycles. The van der Waals surface area contributed by atoms with E-state index in [4.69, 9.17) is 0 Å². The van der Waals surface area contributed by atoms with Crippen molar-refractivity contribution >= 4 is 5.91 Å². The van der Waals surface area contributed by atoms with Crippen molar-refractivity contribution in [3.63, 3.8) is 0 Å². The van der Waals surface area contributed by atoms with Crippen LogP contribution in [0.2, 0.25) is 0 Å². The molecule has 0 saturated heterocycles. The number of hydrogen-bond acceptors (Lipinski definition) is 1. The summed E-state index contributed by atoms with van der Waals surface area (Å²) in [5.74, 6) is -0.0220. The number of hydrogen-bond donors (Lipinski definition) is 1. The van der Waals surface area contributed by atoms with Crippen LogP contribution >= 0.6 is 0 Å². The molecule has 1 N–H and O–H groups in total. The van der Waals surface area contributed by atoms with Crippen LogP contribution < -0.4 is 17.7 Å². The Morgan fingerprint density at radius 3 is 2.10 bits per heavy atom. The van der Waals surface area contributed by atoms with Crippen LogP contribution in [0.25, 0.3) is 0 Å². The summed E-state index contributed by atoms with van der Waals surface area (Å²) >= 11 is 0. The van der Waals surface area contributed by atoms with Gasteiger partial charge in [-0.05, 0) is 19.8 Å². The predicted octanol–water partition coefficient (Wildman–Crippen LogP) is 0.510. The van der Waals surface area contributed by atoms with Crippen LogP contribution in [0.1, 0.15) is 58.8 Å². The third kappa shape index (κ3) is 14.2. The quantitative estimate of drug-likeness (QED) is 0.317. The molecule has 0 aliphatic rings. The van der Waals surface area contributed by atoms with Crippen LogP contribution in [0.4, 0.5) is 0 Å². The van der Waals surface area contributed by atoms with E-state index in [-0.39, 0.29) is 18.3 Å². The molecule has 0 radical (unpaired) electrons. The molecule has 0 fully saturated rings. The predicted molar refractivity (Wildman–Crippen MR) is 87.7 cm³/mol. The smallest absolute Gasteiger partial charge is 0.246 e. The largest absolute Gasteiger partial charge is 1.00 e. The summed E-state index contributed by atoms with van der Waals surface area (Å²) in [6, 6.07) is 0. The highest BCUT2D eigenvalue weighted by atomic mass is 35.5. The van der Waals surface area contributed by atoms with Gasteiger partial charge in [-0.25, -0.2) is 0 Å². The minimum atomic E-state index is -0.0220. The zero-order valence-electron chi connectivity index (χ0n) is 14.5. The van der Waals surface area contributed by atoms with Gasteiger partial charge in [-0.3, -0.25) is 4.79 Å². The fraction of sp³-hybridized carbons (Fsp3) is 0.824. The molecule has 0 atom stereocenters. The van der Waals surface area contributed by atoms with E-state index in [9.17, 15) is 4.79 Å². The number of quaternary nitrogens is 1. The highest BCUT2D eigenvalue weighted by Gasteiger charge is 2.13. The van der Waals surface area contributed by atoms with Crippen LogP contribution in [-0.4, -0.2) is 44.1 Å². The van der Waals surface area contributed by atoms with Crippen molar-refractivity contribution in [2.75, 3.05) is 33.7 Å². The van der Waals surface area contributed by atoms with E-state index >= 15 is 0 Å². The Kier molecular flexibility index (Phi) is 14.2. The van der Waals surface area contributed by atoms with E-state index in [0.717, 1.165) is 24.0 Å². The van der Waals surface area contributed by atoms with Crippen LogP contribution in [0.5, 0.6) is 0 Å². The number of carbonyl (C=O) groups excluding carboxylic acids is 1. The molecule has 0 heterocycles. The molecule has 0 aliphatic heterocycles.